The predicted octanol–water partition coefficient (Wildman–Crippen LogP) is 2.82. The minimum absolute atomic E-state index is 0.226. The molecule has 1 aromatic carbocycles. The Labute approximate surface area is 109 Å². The zero-order valence-electron chi connectivity index (χ0n) is 11.0. The van der Waals surface area contributed by atoms with Crippen LogP contribution in [0.1, 0.15) is 19.4 Å². The van der Waals surface area contributed by atoms with E-state index in [9.17, 15) is 4.57 Å². The Kier molecular flexibility index (Phi) is 6.58. The van der Waals surface area contributed by atoms with Gasteiger partial charge in [-0.05, 0) is 25.8 Å². The molecule has 0 saturated heterocycles. The van der Waals surface area contributed by atoms with Crippen molar-refractivity contribution < 1.29 is 13.6 Å². The number of hydrogen-bond acceptors (Lipinski definition) is 4. The fourth-order valence-electron chi connectivity index (χ4n) is 1.80. The zero-order valence-corrected chi connectivity index (χ0v) is 11.9. The number of benzene rings is 1. The van der Waals surface area contributed by atoms with Crippen molar-refractivity contribution in [2.24, 2.45) is 5.73 Å². The Balaban J connectivity index is 2.56. The first kappa shape index (κ1) is 15.4. The average molecular weight is 271 g/mol. The van der Waals surface area contributed by atoms with Gasteiger partial charge in [-0.2, -0.15) is 0 Å². The van der Waals surface area contributed by atoms with Crippen LogP contribution in [0.2, 0.25) is 0 Å². The average Bonchev–Trinajstić information content (AvgIpc) is 2.30. The summed E-state index contributed by atoms with van der Waals surface area (Å²) in [5.74, 6) is 0. The lowest BCUT2D eigenvalue weighted by atomic mass is 10.1. The van der Waals surface area contributed by atoms with E-state index in [2.05, 4.69) is 0 Å². The third kappa shape index (κ3) is 5.32. The minimum Gasteiger partial charge on any atom is -0.327 e. The predicted molar refractivity (Wildman–Crippen MR) is 73.8 cm³/mol. The molecule has 0 saturated carbocycles. The summed E-state index contributed by atoms with van der Waals surface area (Å²) in [5.41, 5.74) is 7.15. The second kappa shape index (κ2) is 7.70. The van der Waals surface area contributed by atoms with E-state index in [-0.39, 0.29) is 12.2 Å². The van der Waals surface area contributed by atoms with Crippen LogP contribution in [0.15, 0.2) is 30.3 Å². The molecule has 0 heterocycles. The first-order chi connectivity index (χ1) is 8.59. The standard InChI is InChI=1S/C13H22NO3P/c1-3-16-18(15,17-4-2)11-13(14)10-12-8-6-5-7-9-12/h5-9,13H,3-4,10-11,14H2,1-2H3/t13-/m0/s1. The lowest BCUT2D eigenvalue weighted by Crippen LogP contribution is -2.28. The highest BCUT2D eigenvalue weighted by atomic mass is 31.2. The summed E-state index contributed by atoms with van der Waals surface area (Å²) in [5, 5.41) is 0. The number of nitrogens with two attached hydrogens (primary N) is 1. The first-order valence-electron chi connectivity index (χ1n) is 6.27. The second-order valence-corrected chi connectivity index (χ2v) is 6.18. The molecule has 1 aromatic rings. The fourth-order valence-corrected chi connectivity index (χ4v) is 3.58. The van der Waals surface area contributed by atoms with E-state index < -0.39 is 7.60 Å². The van der Waals surface area contributed by atoms with E-state index in [0.29, 0.717) is 19.6 Å². The molecule has 0 aliphatic rings. The summed E-state index contributed by atoms with van der Waals surface area (Å²) >= 11 is 0. The molecule has 5 heteroatoms. The van der Waals surface area contributed by atoms with Gasteiger partial charge in [-0.3, -0.25) is 4.57 Å². The molecule has 2 N–H and O–H groups in total. The molecule has 0 aromatic heterocycles. The van der Waals surface area contributed by atoms with Crippen molar-refractivity contribution in [1.82, 2.24) is 0 Å². The molecule has 0 bridgehead atoms. The zero-order chi connectivity index (χ0) is 13.4. The Bertz CT molecular complexity index is 373. The fraction of sp³-hybridized carbons (Fsp3) is 0.538. The quantitative estimate of drug-likeness (QED) is 0.738. The molecule has 1 rings (SSSR count). The topological polar surface area (TPSA) is 61.5 Å². The van der Waals surface area contributed by atoms with Crippen LogP contribution in [0, 0.1) is 0 Å². The Morgan fingerprint density at radius 1 is 1.17 bits per heavy atom. The maximum absolute atomic E-state index is 12.3. The van der Waals surface area contributed by atoms with Crippen LogP contribution in [0.5, 0.6) is 0 Å². The molecule has 1 atom stereocenters. The molecule has 0 radical (unpaired) electrons. The molecule has 0 spiro atoms. The molecular weight excluding hydrogens is 249 g/mol. The van der Waals surface area contributed by atoms with E-state index in [1.165, 1.54) is 0 Å². The molecule has 102 valence electrons. The van der Waals surface area contributed by atoms with Gasteiger partial charge in [-0.25, -0.2) is 0 Å². The second-order valence-electron chi connectivity index (χ2n) is 4.08. The van der Waals surface area contributed by atoms with Crippen LogP contribution in [0.4, 0.5) is 0 Å². The van der Waals surface area contributed by atoms with E-state index in [4.69, 9.17) is 14.8 Å². The van der Waals surface area contributed by atoms with E-state index in [1.54, 1.807) is 13.8 Å². The summed E-state index contributed by atoms with van der Waals surface area (Å²) in [4.78, 5) is 0. The van der Waals surface area contributed by atoms with Gasteiger partial charge in [0, 0.05) is 6.04 Å². The van der Waals surface area contributed by atoms with E-state index >= 15 is 0 Å². The summed E-state index contributed by atoms with van der Waals surface area (Å²) < 4.78 is 22.8. The van der Waals surface area contributed by atoms with Crippen molar-refractivity contribution in [2.75, 3.05) is 19.4 Å². The Hall–Kier alpha value is -0.670. The minimum atomic E-state index is -3.04. The smallest absolute Gasteiger partial charge is 0.327 e. The highest BCUT2D eigenvalue weighted by Crippen LogP contribution is 2.48. The van der Waals surface area contributed by atoms with Crippen molar-refractivity contribution in [3.8, 4) is 0 Å². The van der Waals surface area contributed by atoms with Gasteiger partial charge >= 0.3 is 7.60 Å². The van der Waals surface area contributed by atoms with Crippen molar-refractivity contribution in [3.05, 3.63) is 35.9 Å². The molecular formula is C13H22NO3P. The molecule has 0 aliphatic carbocycles. The lowest BCUT2D eigenvalue weighted by Gasteiger charge is -2.20. The SMILES string of the molecule is CCOP(=O)(C[C@@H](N)Cc1ccccc1)OCC. The third-order valence-electron chi connectivity index (χ3n) is 2.45. The van der Waals surface area contributed by atoms with Gasteiger partial charge in [0.05, 0.1) is 19.4 Å². The van der Waals surface area contributed by atoms with Crippen LogP contribution in [0.25, 0.3) is 0 Å². The van der Waals surface area contributed by atoms with Gasteiger partial charge in [-0.15, -0.1) is 0 Å². The molecule has 18 heavy (non-hydrogen) atoms. The van der Waals surface area contributed by atoms with Crippen molar-refractivity contribution in [3.63, 3.8) is 0 Å². The maximum Gasteiger partial charge on any atom is 0.332 e. The van der Waals surface area contributed by atoms with E-state index in [0.717, 1.165) is 5.56 Å². The van der Waals surface area contributed by atoms with Crippen molar-refractivity contribution in [1.29, 1.82) is 0 Å². The van der Waals surface area contributed by atoms with Crippen LogP contribution in [0.3, 0.4) is 0 Å². The molecule has 0 aliphatic heterocycles. The first-order valence-corrected chi connectivity index (χ1v) is 8.00. The lowest BCUT2D eigenvalue weighted by molar-refractivity contribution is 0.218. The maximum atomic E-state index is 12.3. The van der Waals surface area contributed by atoms with Crippen molar-refractivity contribution in [2.45, 2.75) is 26.3 Å². The van der Waals surface area contributed by atoms with Gasteiger partial charge in [-0.1, -0.05) is 30.3 Å². The van der Waals surface area contributed by atoms with Gasteiger partial charge in [0.1, 0.15) is 0 Å². The summed E-state index contributed by atoms with van der Waals surface area (Å²) in [6.07, 6.45) is 0.925. The third-order valence-corrected chi connectivity index (χ3v) is 4.67. The van der Waals surface area contributed by atoms with Gasteiger partial charge in [0.15, 0.2) is 0 Å². The molecule has 4 nitrogen and oxygen atoms in total. The number of rotatable bonds is 8. The van der Waals surface area contributed by atoms with E-state index in [1.807, 2.05) is 30.3 Å². The number of hydrogen-bond donors (Lipinski definition) is 1. The normalized spacial score (nSPS) is 13.5. The summed E-state index contributed by atoms with van der Waals surface area (Å²) in [7, 11) is -3.04. The van der Waals surface area contributed by atoms with Crippen LogP contribution >= 0.6 is 7.60 Å². The summed E-state index contributed by atoms with van der Waals surface area (Å²) in [6, 6.07) is 9.68. The highest BCUT2D eigenvalue weighted by Gasteiger charge is 2.26. The summed E-state index contributed by atoms with van der Waals surface area (Å²) in [6.45, 7) is 4.34. The molecule has 0 unspecified atom stereocenters. The monoisotopic (exact) mass is 271 g/mol. The van der Waals surface area contributed by atoms with Crippen molar-refractivity contribution >= 4 is 7.60 Å². The van der Waals surface area contributed by atoms with Crippen LogP contribution in [-0.4, -0.2) is 25.4 Å². The van der Waals surface area contributed by atoms with Crippen LogP contribution in [-0.2, 0) is 20.0 Å². The molecule has 0 amide bonds. The van der Waals surface area contributed by atoms with Gasteiger partial charge in [0.2, 0.25) is 0 Å². The largest absolute Gasteiger partial charge is 0.332 e. The highest BCUT2D eigenvalue weighted by molar-refractivity contribution is 7.53. The van der Waals surface area contributed by atoms with Gasteiger partial charge in [0.25, 0.3) is 0 Å². The van der Waals surface area contributed by atoms with Crippen LogP contribution < -0.4 is 5.73 Å². The molecule has 0 fully saturated rings. The van der Waals surface area contributed by atoms with Gasteiger partial charge < -0.3 is 14.8 Å². The Morgan fingerprint density at radius 2 is 1.72 bits per heavy atom. The Morgan fingerprint density at radius 3 is 2.22 bits per heavy atom.